The molecule has 0 fully saturated rings. The van der Waals surface area contributed by atoms with E-state index in [9.17, 15) is 0 Å². The minimum Gasteiger partial charge on any atom is -0.510 e. The molecule has 0 radical (unpaired) electrons. The van der Waals surface area contributed by atoms with Gasteiger partial charge in [-0.2, -0.15) is 18.2 Å². The van der Waals surface area contributed by atoms with E-state index in [2.05, 4.69) is 152 Å². The van der Waals surface area contributed by atoms with Crippen LogP contribution in [0, 0.1) is 32.3 Å². The van der Waals surface area contributed by atoms with Crippen molar-refractivity contribution in [2.75, 3.05) is 0 Å². The number of benzene rings is 7. The predicted octanol–water partition coefficient (Wildman–Crippen LogP) is 10.8. The molecule has 0 amide bonds. The maximum absolute atomic E-state index is 6.56. The minimum atomic E-state index is 0. The second kappa shape index (κ2) is 13.8. The second-order valence-corrected chi connectivity index (χ2v) is 13.8. The SMILES string of the molecule is Cc1cccc(C)c1/C1=N/C(n2c3[c-]c(Oc4[c-]c(-[n+]5[c-]n(C)c6ccccc65)ccc4)ccc3c3ccccc32)=C\c2ccccc2-c2ccccc21.[Pt]. The van der Waals surface area contributed by atoms with E-state index in [-0.39, 0.29) is 21.1 Å². The zero-order valence-corrected chi connectivity index (χ0v) is 32.7. The normalized spacial score (nSPS) is 14.2. The average Bonchev–Trinajstić information content (AvgIpc) is 3.71. The number of aromatic nitrogens is 3. The van der Waals surface area contributed by atoms with Gasteiger partial charge >= 0.3 is 0 Å². The van der Waals surface area contributed by atoms with Gasteiger partial charge in [-0.1, -0.05) is 120 Å². The molecule has 7 aromatic carbocycles. The van der Waals surface area contributed by atoms with Crippen molar-refractivity contribution in [1.29, 1.82) is 0 Å². The summed E-state index contributed by atoms with van der Waals surface area (Å²) in [5, 5.41) is 2.18. The summed E-state index contributed by atoms with van der Waals surface area (Å²) in [6, 6.07) is 57.6. The van der Waals surface area contributed by atoms with E-state index in [0.29, 0.717) is 11.5 Å². The molecule has 268 valence electrons. The molecular weight excluding hydrogens is 856 g/mol. The first kappa shape index (κ1) is 34.5. The Bertz CT molecular complexity index is 3000. The number of hydrogen-bond acceptors (Lipinski definition) is 2. The molecule has 0 spiro atoms. The number of ether oxygens (including phenoxy) is 1. The van der Waals surface area contributed by atoms with Gasteiger partial charge in [-0.25, -0.2) is 4.99 Å². The van der Waals surface area contributed by atoms with Crippen LogP contribution in [0.4, 0.5) is 0 Å². The number of aliphatic imine (C=N–C) groups is 1. The average molecular weight is 890 g/mol. The first-order chi connectivity index (χ1) is 26.5. The number of nitrogens with zero attached hydrogens (tertiary/aromatic N) is 4. The molecule has 0 bridgehead atoms. The van der Waals surface area contributed by atoms with Gasteiger partial charge in [-0.05, 0) is 59.2 Å². The molecule has 0 saturated carbocycles. The Morgan fingerprint density at radius 2 is 1.27 bits per heavy atom. The van der Waals surface area contributed by atoms with Gasteiger partial charge in [0.1, 0.15) is 5.82 Å². The molecule has 1 aliphatic rings. The monoisotopic (exact) mass is 889 g/mol. The second-order valence-electron chi connectivity index (χ2n) is 13.8. The number of para-hydroxylation sites is 3. The largest absolute Gasteiger partial charge is 0.510 e. The Labute approximate surface area is 334 Å². The standard InChI is InChI=1S/C49H34N4O.Pt/c1-32-14-12-15-33(2)48(32)49-42-22-7-6-20-39(42)38-19-5-4-16-34(38)28-47(50-49)53-43-23-9-8-21-40(43)41-27-26-37(30-46(41)53)54-36-18-13-17-35(29-36)52-31-51(3)44-24-10-11-25-45(44)52;/h4-28H,1-3H3;/q-2;/b34-28?,39-38?,47-28+,49-42?,50-47?,50-49+;. The van der Waals surface area contributed by atoms with E-state index in [1.54, 1.807) is 0 Å². The molecule has 10 rings (SSSR count). The molecule has 0 aliphatic carbocycles. The van der Waals surface area contributed by atoms with Crippen molar-refractivity contribution in [3.63, 3.8) is 0 Å². The van der Waals surface area contributed by atoms with E-state index in [1.165, 1.54) is 11.1 Å². The Kier molecular flexibility index (Phi) is 8.68. The summed E-state index contributed by atoms with van der Waals surface area (Å²) in [6.07, 6.45) is 5.61. The van der Waals surface area contributed by atoms with Crippen LogP contribution in [-0.4, -0.2) is 14.8 Å². The van der Waals surface area contributed by atoms with Crippen LogP contribution in [-0.2, 0) is 28.1 Å². The molecule has 0 unspecified atom stereocenters. The molecule has 3 heterocycles. The zero-order valence-electron chi connectivity index (χ0n) is 30.4. The zero-order chi connectivity index (χ0) is 36.3. The van der Waals surface area contributed by atoms with Crippen LogP contribution in [0.25, 0.3) is 61.6 Å². The van der Waals surface area contributed by atoms with E-state index < -0.39 is 0 Å². The third-order valence-electron chi connectivity index (χ3n) is 10.4. The van der Waals surface area contributed by atoms with Crippen LogP contribution < -0.4 is 9.30 Å². The number of hydrogen-bond donors (Lipinski definition) is 0. The van der Waals surface area contributed by atoms with E-state index in [1.807, 2.05) is 52.6 Å². The van der Waals surface area contributed by atoms with Crippen LogP contribution in [0.5, 0.6) is 11.5 Å². The molecular formula is C49H34N4OPt-2. The molecule has 0 atom stereocenters. The smallest absolute Gasteiger partial charge is 0.242 e. The van der Waals surface area contributed by atoms with E-state index in [0.717, 1.165) is 77.9 Å². The fourth-order valence-corrected chi connectivity index (χ4v) is 7.93. The van der Waals surface area contributed by atoms with Gasteiger partial charge in [-0.15, -0.1) is 29.7 Å². The van der Waals surface area contributed by atoms with Gasteiger partial charge in [-0.3, -0.25) is 0 Å². The van der Waals surface area contributed by atoms with Gasteiger partial charge in [0.2, 0.25) is 6.33 Å². The summed E-state index contributed by atoms with van der Waals surface area (Å²) in [5.74, 6) is 1.97. The third-order valence-corrected chi connectivity index (χ3v) is 10.4. The third kappa shape index (κ3) is 5.83. The quantitative estimate of drug-likeness (QED) is 0.125. The van der Waals surface area contributed by atoms with Crippen molar-refractivity contribution < 1.29 is 30.4 Å². The number of aryl methyl sites for hydroxylation is 3. The van der Waals surface area contributed by atoms with Crippen molar-refractivity contribution in [3.05, 3.63) is 192 Å². The van der Waals surface area contributed by atoms with Crippen molar-refractivity contribution in [2.45, 2.75) is 13.8 Å². The van der Waals surface area contributed by atoms with Crippen molar-refractivity contribution in [3.8, 4) is 28.3 Å². The number of fused-ring (bicyclic) bond motifs is 7. The summed E-state index contributed by atoms with van der Waals surface area (Å²) in [4.78, 5) is 5.66. The van der Waals surface area contributed by atoms with Gasteiger partial charge in [0, 0.05) is 49.2 Å². The van der Waals surface area contributed by atoms with Crippen molar-refractivity contribution >= 4 is 50.4 Å². The maximum Gasteiger partial charge on any atom is 0.242 e. The maximum atomic E-state index is 6.56. The van der Waals surface area contributed by atoms with Crippen LogP contribution in [0.15, 0.2) is 151 Å². The van der Waals surface area contributed by atoms with Gasteiger partial charge < -0.3 is 18.4 Å². The molecule has 1 aliphatic heterocycles. The molecule has 0 saturated heterocycles. The van der Waals surface area contributed by atoms with Crippen LogP contribution in [0.1, 0.15) is 27.8 Å². The molecule has 0 N–H and O–H groups in total. The summed E-state index contributed by atoms with van der Waals surface area (Å²) < 4.78 is 12.8. The molecule has 5 nitrogen and oxygen atoms in total. The minimum absolute atomic E-state index is 0. The topological polar surface area (TPSA) is 35.3 Å². The Morgan fingerprint density at radius 3 is 2.11 bits per heavy atom. The van der Waals surface area contributed by atoms with Gasteiger partial charge in [0.15, 0.2) is 0 Å². The van der Waals surface area contributed by atoms with E-state index in [4.69, 9.17) is 9.73 Å². The predicted molar refractivity (Wildman–Crippen MR) is 218 cm³/mol. The summed E-state index contributed by atoms with van der Waals surface area (Å²) in [6.45, 7) is 4.34. The molecule has 6 heteroatoms. The van der Waals surface area contributed by atoms with Crippen LogP contribution in [0.3, 0.4) is 0 Å². The van der Waals surface area contributed by atoms with Crippen LogP contribution >= 0.6 is 0 Å². The fraction of sp³-hybridized carbons (Fsp3) is 0.0612. The summed E-state index contributed by atoms with van der Waals surface area (Å²) in [7, 11) is 2.00. The Hall–Kier alpha value is -6.29. The first-order valence-corrected chi connectivity index (χ1v) is 18.1. The van der Waals surface area contributed by atoms with Crippen molar-refractivity contribution in [2.24, 2.45) is 12.0 Å². The summed E-state index contributed by atoms with van der Waals surface area (Å²) in [5.41, 5.74) is 13.8. The summed E-state index contributed by atoms with van der Waals surface area (Å²) >= 11 is 0. The molecule has 2 aromatic heterocycles. The first-order valence-electron chi connectivity index (χ1n) is 18.1. The van der Waals surface area contributed by atoms with E-state index >= 15 is 0 Å². The number of imidazole rings is 1. The van der Waals surface area contributed by atoms with Gasteiger partial charge in [0.05, 0.1) is 23.8 Å². The Morgan fingerprint density at radius 1 is 0.600 bits per heavy atom. The van der Waals surface area contributed by atoms with Gasteiger partial charge in [0.25, 0.3) is 0 Å². The number of rotatable bonds is 5. The van der Waals surface area contributed by atoms with Crippen LogP contribution in [0.2, 0.25) is 0 Å². The fourth-order valence-electron chi connectivity index (χ4n) is 7.93. The molecule has 55 heavy (non-hydrogen) atoms. The Balaban J connectivity index is 0.00000397. The molecule has 9 aromatic rings. The van der Waals surface area contributed by atoms with Crippen molar-refractivity contribution in [1.82, 2.24) is 9.13 Å².